The van der Waals surface area contributed by atoms with Gasteiger partial charge in [0.2, 0.25) is 10.0 Å². The Morgan fingerprint density at radius 1 is 1.02 bits per heavy atom. The molecule has 0 radical (unpaired) electrons. The van der Waals surface area contributed by atoms with Crippen molar-refractivity contribution >= 4 is 44.3 Å². The fourth-order valence-electron chi connectivity index (χ4n) is 5.19. The molecule has 1 heterocycles. The smallest absolute Gasteiger partial charge is 0.319 e. The van der Waals surface area contributed by atoms with Crippen LogP contribution in [-0.2, 0) is 16.6 Å². The van der Waals surface area contributed by atoms with E-state index >= 15 is 0 Å². The first-order valence-corrected chi connectivity index (χ1v) is 16.5. The van der Waals surface area contributed by atoms with Gasteiger partial charge in [-0.15, -0.1) is 0 Å². The number of nitrogens with one attached hydrogen (secondary N) is 3. The summed E-state index contributed by atoms with van der Waals surface area (Å²) in [6.07, 6.45) is 5.49. The third-order valence-corrected chi connectivity index (χ3v) is 8.10. The van der Waals surface area contributed by atoms with Crippen molar-refractivity contribution in [2.45, 2.75) is 57.7 Å². The highest BCUT2D eigenvalue weighted by Gasteiger charge is 2.29. The number of rotatable bonds is 12. The van der Waals surface area contributed by atoms with E-state index in [4.69, 9.17) is 16.3 Å². The predicted octanol–water partition coefficient (Wildman–Crippen LogP) is 6.85. The molecule has 9 nitrogen and oxygen atoms in total. The van der Waals surface area contributed by atoms with Gasteiger partial charge in [-0.2, -0.15) is 0 Å². The molecular formula is C31H35ClF2N4O5S. The van der Waals surface area contributed by atoms with Gasteiger partial charge in [-0.1, -0.05) is 31.9 Å². The first kappa shape index (κ1) is 33.2. The third-order valence-electron chi connectivity index (χ3n) is 7.30. The van der Waals surface area contributed by atoms with Gasteiger partial charge in [0.05, 0.1) is 11.9 Å². The maximum absolute atomic E-state index is 14.6. The standard InChI is InChI=1S/C31H35ClF2N4O5S/c1-3-4-5-23-18-22(35-31(40)36-27-15-14-26(33)28(29(27)34)30(32)39)16-17-38(23)19-20-6-10-24(11-7-20)43-25-12-8-21(9-13-25)37-44(2,41)42/h6-15,22-23,37H,3-5,16-19H2,1-2H3,(H2,35,36,40). The highest BCUT2D eigenvalue weighted by Crippen LogP contribution is 2.28. The molecule has 1 saturated heterocycles. The summed E-state index contributed by atoms with van der Waals surface area (Å²) in [5.41, 5.74) is 0.316. The van der Waals surface area contributed by atoms with Crippen molar-refractivity contribution in [3.8, 4) is 11.5 Å². The van der Waals surface area contributed by atoms with Crippen molar-refractivity contribution in [3.63, 3.8) is 0 Å². The van der Waals surface area contributed by atoms with E-state index in [-0.39, 0.29) is 17.8 Å². The molecule has 3 N–H and O–H groups in total. The molecule has 1 fully saturated rings. The average molecular weight is 649 g/mol. The largest absolute Gasteiger partial charge is 0.457 e. The van der Waals surface area contributed by atoms with Crippen LogP contribution in [0.15, 0.2) is 60.7 Å². The van der Waals surface area contributed by atoms with E-state index in [0.29, 0.717) is 30.0 Å². The van der Waals surface area contributed by atoms with Crippen LogP contribution in [0, 0.1) is 11.6 Å². The van der Waals surface area contributed by atoms with Crippen molar-refractivity contribution in [3.05, 3.63) is 83.4 Å². The zero-order valence-corrected chi connectivity index (χ0v) is 26.0. The number of nitrogens with zero attached hydrogens (tertiary/aromatic N) is 1. The minimum absolute atomic E-state index is 0.152. The molecule has 1 aliphatic rings. The Bertz CT molecular complexity index is 1570. The zero-order valence-electron chi connectivity index (χ0n) is 24.4. The maximum Gasteiger partial charge on any atom is 0.319 e. The molecule has 2 unspecified atom stereocenters. The summed E-state index contributed by atoms with van der Waals surface area (Å²) < 4.78 is 59.4. The monoisotopic (exact) mass is 648 g/mol. The van der Waals surface area contributed by atoms with E-state index in [1.807, 2.05) is 24.3 Å². The number of carbonyl (C=O) groups excluding carboxylic acids is 2. The number of piperidine rings is 1. The highest BCUT2D eigenvalue weighted by molar-refractivity contribution is 7.92. The van der Waals surface area contributed by atoms with Gasteiger partial charge >= 0.3 is 6.03 Å². The van der Waals surface area contributed by atoms with E-state index in [0.717, 1.165) is 56.3 Å². The Kier molecular flexibility index (Phi) is 11.2. The number of hydrogen-bond donors (Lipinski definition) is 3. The summed E-state index contributed by atoms with van der Waals surface area (Å²) >= 11 is 5.29. The second-order valence-electron chi connectivity index (χ2n) is 10.8. The van der Waals surface area contributed by atoms with Crippen molar-refractivity contribution < 1.29 is 31.5 Å². The van der Waals surface area contributed by atoms with Crippen LogP contribution in [-0.4, -0.2) is 49.5 Å². The van der Waals surface area contributed by atoms with Crippen molar-refractivity contribution in [2.75, 3.05) is 22.8 Å². The Labute approximate surface area is 261 Å². The third kappa shape index (κ3) is 9.38. The molecule has 4 rings (SSSR count). The Morgan fingerprint density at radius 3 is 2.30 bits per heavy atom. The first-order valence-electron chi connectivity index (χ1n) is 14.3. The number of sulfonamides is 1. The lowest BCUT2D eigenvalue weighted by Crippen LogP contribution is -2.50. The number of anilines is 2. The molecule has 0 aliphatic carbocycles. The minimum Gasteiger partial charge on any atom is -0.457 e. The van der Waals surface area contributed by atoms with Crippen LogP contribution in [0.5, 0.6) is 11.5 Å². The van der Waals surface area contributed by atoms with Crippen LogP contribution in [0.3, 0.4) is 0 Å². The molecule has 0 saturated carbocycles. The highest BCUT2D eigenvalue weighted by atomic mass is 35.5. The second kappa shape index (κ2) is 14.8. The Balaban J connectivity index is 1.33. The molecule has 1 aliphatic heterocycles. The Morgan fingerprint density at radius 2 is 1.68 bits per heavy atom. The molecule has 236 valence electrons. The number of amides is 2. The van der Waals surface area contributed by atoms with E-state index in [1.165, 1.54) is 0 Å². The number of hydrogen-bond acceptors (Lipinski definition) is 6. The molecule has 3 aromatic carbocycles. The maximum atomic E-state index is 14.6. The summed E-state index contributed by atoms with van der Waals surface area (Å²) in [5, 5.41) is 3.97. The van der Waals surface area contributed by atoms with Crippen LogP contribution in [0.25, 0.3) is 0 Å². The number of benzene rings is 3. The number of halogens is 3. The quantitative estimate of drug-likeness (QED) is 0.185. The number of ether oxygens (including phenoxy) is 1. The number of likely N-dealkylation sites (tertiary alicyclic amines) is 1. The minimum atomic E-state index is -3.35. The summed E-state index contributed by atoms with van der Waals surface area (Å²) in [4.78, 5) is 26.5. The zero-order chi connectivity index (χ0) is 31.9. The number of urea groups is 1. The second-order valence-corrected chi connectivity index (χ2v) is 12.9. The fraction of sp³-hybridized carbons (Fsp3) is 0.355. The molecule has 2 atom stereocenters. The van der Waals surface area contributed by atoms with E-state index < -0.39 is 38.5 Å². The van der Waals surface area contributed by atoms with Crippen LogP contribution in [0.4, 0.5) is 25.0 Å². The van der Waals surface area contributed by atoms with Crippen molar-refractivity contribution in [1.29, 1.82) is 0 Å². The fourth-order valence-corrected chi connectivity index (χ4v) is 5.93. The lowest BCUT2D eigenvalue weighted by Gasteiger charge is -2.40. The SMILES string of the molecule is CCCCC1CC(NC(=O)Nc2ccc(F)c(C(=O)Cl)c2F)CCN1Cc1ccc(Oc2ccc(NS(C)(=O)=O)cc2)cc1. The van der Waals surface area contributed by atoms with E-state index in [1.54, 1.807) is 24.3 Å². The molecule has 0 aromatic heterocycles. The van der Waals surface area contributed by atoms with Crippen LogP contribution in [0.1, 0.15) is 54.9 Å². The summed E-state index contributed by atoms with van der Waals surface area (Å²) in [6.45, 7) is 3.58. The van der Waals surface area contributed by atoms with Gasteiger partial charge < -0.3 is 15.4 Å². The van der Waals surface area contributed by atoms with Gasteiger partial charge in [0.1, 0.15) is 22.9 Å². The van der Waals surface area contributed by atoms with Crippen molar-refractivity contribution in [1.82, 2.24) is 10.2 Å². The molecule has 2 amide bonds. The van der Waals surface area contributed by atoms with E-state index in [2.05, 4.69) is 27.2 Å². The summed E-state index contributed by atoms with van der Waals surface area (Å²) in [6, 6.07) is 15.7. The topological polar surface area (TPSA) is 117 Å². The Hall–Kier alpha value is -3.74. The van der Waals surface area contributed by atoms with Crippen LogP contribution < -0.4 is 20.1 Å². The van der Waals surface area contributed by atoms with Gasteiger partial charge in [0.25, 0.3) is 5.24 Å². The van der Waals surface area contributed by atoms with Gasteiger partial charge in [-0.05, 0) is 85.0 Å². The molecular weight excluding hydrogens is 614 g/mol. The van der Waals surface area contributed by atoms with Gasteiger partial charge in [-0.3, -0.25) is 14.4 Å². The first-order chi connectivity index (χ1) is 20.9. The summed E-state index contributed by atoms with van der Waals surface area (Å²) in [7, 11) is -3.35. The normalized spacial score (nSPS) is 17.1. The lowest BCUT2D eigenvalue weighted by molar-refractivity contribution is 0.107. The number of carbonyl (C=O) groups is 2. The average Bonchev–Trinajstić information content (AvgIpc) is 2.95. The molecule has 0 bridgehead atoms. The molecule has 44 heavy (non-hydrogen) atoms. The summed E-state index contributed by atoms with van der Waals surface area (Å²) in [5.74, 6) is -1.09. The number of unbranched alkanes of at least 4 members (excludes halogenated alkanes) is 1. The predicted molar refractivity (Wildman–Crippen MR) is 167 cm³/mol. The van der Waals surface area contributed by atoms with Gasteiger partial charge in [-0.25, -0.2) is 22.0 Å². The van der Waals surface area contributed by atoms with Gasteiger partial charge in [0, 0.05) is 30.9 Å². The van der Waals surface area contributed by atoms with Crippen LogP contribution in [0.2, 0.25) is 0 Å². The van der Waals surface area contributed by atoms with Crippen LogP contribution >= 0.6 is 11.6 Å². The molecule has 0 spiro atoms. The van der Waals surface area contributed by atoms with E-state index in [9.17, 15) is 26.8 Å². The molecule has 13 heteroatoms. The van der Waals surface area contributed by atoms with Crippen molar-refractivity contribution in [2.24, 2.45) is 0 Å². The van der Waals surface area contributed by atoms with Gasteiger partial charge in [0.15, 0.2) is 5.82 Å². The molecule has 3 aromatic rings. The lowest BCUT2D eigenvalue weighted by atomic mass is 9.93.